The van der Waals surface area contributed by atoms with Gasteiger partial charge >= 0.3 is 6.03 Å². The molecule has 0 spiro atoms. The minimum absolute atomic E-state index is 0.00730. The molecule has 3 rings (SSSR count). The fraction of sp³-hybridized carbons (Fsp3) is 0.500. The second-order valence-corrected chi connectivity index (χ2v) is 6.18. The molecule has 0 atom stereocenters. The summed E-state index contributed by atoms with van der Waals surface area (Å²) in [5.41, 5.74) is 3.78. The summed E-state index contributed by atoms with van der Waals surface area (Å²) in [5.74, 6) is 0. The van der Waals surface area contributed by atoms with Crippen LogP contribution in [0.4, 0.5) is 10.5 Å². The van der Waals surface area contributed by atoms with E-state index in [2.05, 4.69) is 41.4 Å². The summed E-state index contributed by atoms with van der Waals surface area (Å²) < 4.78 is 5.32. The van der Waals surface area contributed by atoms with Crippen LogP contribution in [0.5, 0.6) is 0 Å². The number of benzene rings is 1. The maximum Gasteiger partial charge on any atom is 0.321 e. The van der Waals surface area contributed by atoms with Crippen LogP contribution in [-0.2, 0) is 4.74 Å². The third-order valence-electron chi connectivity index (χ3n) is 4.47. The Labute approximate surface area is 137 Å². The number of amides is 2. The quantitative estimate of drug-likeness (QED) is 0.912. The molecule has 1 aromatic rings. The van der Waals surface area contributed by atoms with Crippen molar-refractivity contribution in [2.75, 3.05) is 44.3 Å². The molecule has 2 aliphatic heterocycles. The van der Waals surface area contributed by atoms with E-state index in [1.165, 1.54) is 16.8 Å². The zero-order valence-electron chi connectivity index (χ0n) is 13.8. The smallest absolute Gasteiger partial charge is 0.321 e. The lowest BCUT2D eigenvalue weighted by Crippen LogP contribution is -2.51. The predicted molar refractivity (Wildman–Crippen MR) is 91.6 cm³/mol. The highest BCUT2D eigenvalue weighted by Crippen LogP contribution is 2.18. The van der Waals surface area contributed by atoms with Gasteiger partial charge in [0.15, 0.2) is 0 Å². The monoisotopic (exact) mass is 315 g/mol. The lowest BCUT2D eigenvalue weighted by Gasteiger charge is -2.36. The summed E-state index contributed by atoms with van der Waals surface area (Å²) in [5, 5.41) is 2.94. The molecule has 23 heavy (non-hydrogen) atoms. The highest BCUT2D eigenvalue weighted by Gasteiger charge is 2.21. The normalized spacial score (nSPS) is 18.7. The number of piperazine rings is 1. The van der Waals surface area contributed by atoms with Crippen molar-refractivity contribution in [3.05, 3.63) is 41.6 Å². The van der Waals surface area contributed by atoms with Crippen LogP contribution in [0.3, 0.4) is 0 Å². The molecule has 2 aliphatic rings. The summed E-state index contributed by atoms with van der Waals surface area (Å²) in [7, 11) is 0. The second-order valence-electron chi connectivity index (χ2n) is 6.18. The number of hydrogen-bond acceptors (Lipinski definition) is 3. The Morgan fingerprint density at radius 2 is 1.91 bits per heavy atom. The van der Waals surface area contributed by atoms with Gasteiger partial charge in [0.1, 0.15) is 0 Å². The summed E-state index contributed by atoms with van der Waals surface area (Å²) in [6.07, 6.45) is 3.71. The van der Waals surface area contributed by atoms with Gasteiger partial charge in [0.2, 0.25) is 0 Å². The molecule has 0 aromatic heterocycles. The van der Waals surface area contributed by atoms with Crippen molar-refractivity contribution >= 4 is 11.7 Å². The third-order valence-corrected chi connectivity index (χ3v) is 4.47. The molecule has 5 heteroatoms. The van der Waals surface area contributed by atoms with E-state index < -0.39 is 0 Å². The first-order chi connectivity index (χ1) is 11.2. The summed E-state index contributed by atoms with van der Waals surface area (Å²) >= 11 is 0. The maximum atomic E-state index is 12.3. The number of aryl methyl sites for hydroxylation is 1. The van der Waals surface area contributed by atoms with Crippen molar-refractivity contribution < 1.29 is 9.53 Å². The number of rotatable bonds is 2. The van der Waals surface area contributed by atoms with E-state index in [0.29, 0.717) is 0 Å². The number of carbonyl (C=O) groups is 1. The van der Waals surface area contributed by atoms with Crippen LogP contribution in [0.1, 0.15) is 18.4 Å². The van der Waals surface area contributed by atoms with E-state index in [-0.39, 0.29) is 6.03 Å². The van der Waals surface area contributed by atoms with E-state index in [1.807, 2.05) is 11.1 Å². The third kappa shape index (κ3) is 4.26. The topological polar surface area (TPSA) is 44.8 Å². The standard InChI is InChI=1S/C18H25N3O2/c1-15-3-2-4-17(13-15)20-7-9-21(10-8-20)18(22)19-14-16-5-11-23-12-6-16/h2-4,13-14H,5-12H2,1H3,(H,19,22). The van der Waals surface area contributed by atoms with Gasteiger partial charge in [0.25, 0.3) is 0 Å². The van der Waals surface area contributed by atoms with E-state index in [4.69, 9.17) is 4.74 Å². The van der Waals surface area contributed by atoms with Crippen LogP contribution in [0, 0.1) is 6.92 Å². The van der Waals surface area contributed by atoms with E-state index in [9.17, 15) is 4.79 Å². The fourth-order valence-corrected chi connectivity index (χ4v) is 3.03. The number of carbonyl (C=O) groups excluding carboxylic acids is 1. The second kappa shape index (κ2) is 7.51. The Balaban J connectivity index is 1.49. The van der Waals surface area contributed by atoms with E-state index in [1.54, 1.807) is 0 Å². The molecule has 2 heterocycles. The van der Waals surface area contributed by atoms with Gasteiger partial charge in [-0.3, -0.25) is 0 Å². The van der Waals surface area contributed by atoms with Gasteiger partial charge in [-0.05, 0) is 43.0 Å². The number of anilines is 1. The lowest BCUT2D eigenvalue weighted by molar-refractivity contribution is 0.118. The molecule has 0 saturated carbocycles. The molecule has 2 amide bonds. The Kier molecular flexibility index (Phi) is 5.18. The number of nitrogens with zero attached hydrogens (tertiary/aromatic N) is 2. The van der Waals surface area contributed by atoms with Crippen molar-refractivity contribution in [2.45, 2.75) is 19.8 Å². The van der Waals surface area contributed by atoms with Crippen molar-refractivity contribution in [3.63, 3.8) is 0 Å². The molecule has 124 valence electrons. The van der Waals surface area contributed by atoms with Crippen LogP contribution >= 0.6 is 0 Å². The molecule has 0 unspecified atom stereocenters. The van der Waals surface area contributed by atoms with Crippen LogP contribution in [0.25, 0.3) is 0 Å². The average molecular weight is 315 g/mol. The van der Waals surface area contributed by atoms with Crippen LogP contribution in [-0.4, -0.2) is 50.3 Å². The fourth-order valence-electron chi connectivity index (χ4n) is 3.03. The van der Waals surface area contributed by atoms with Crippen molar-refractivity contribution in [2.24, 2.45) is 0 Å². The van der Waals surface area contributed by atoms with Gasteiger partial charge in [-0.15, -0.1) is 0 Å². The first kappa shape index (κ1) is 15.9. The molecule has 5 nitrogen and oxygen atoms in total. The number of hydrogen-bond donors (Lipinski definition) is 1. The summed E-state index contributed by atoms with van der Waals surface area (Å²) in [6.45, 7) is 6.89. The number of urea groups is 1. The van der Waals surface area contributed by atoms with Gasteiger partial charge < -0.3 is 19.9 Å². The molecule has 0 bridgehead atoms. The molecule has 1 N–H and O–H groups in total. The first-order valence-electron chi connectivity index (χ1n) is 8.35. The average Bonchev–Trinajstić information content (AvgIpc) is 2.61. The minimum Gasteiger partial charge on any atom is -0.381 e. The highest BCUT2D eigenvalue weighted by atomic mass is 16.5. The number of nitrogens with one attached hydrogen (secondary N) is 1. The van der Waals surface area contributed by atoms with Gasteiger partial charge in [-0.1, -0.05) is 12.1 Å². The Hall–Kier alpha value is -2.01. The van der Waals surface area contributed by atoms with Gasteiger partial charge in [0.05, 0.1) is 13.2 Å². The Bertz CT molecular complexity index is 569. The van der Waals surface area contributed by atoms with Crippen LogP contribution < -0.4 is 10.2 Å². The number of ether oxygens (including phenoxy) is 1. The molecular weight excluding hydrogens is 290 g/mol. The molecule has 1 aromatic carbocycles. The van der Waals surface area contributed by atoms with Crippen LogP contribution in [0.2, 0.25) is 0 Å². The van der Waals surface area contributed by atoms with E-state index in [0.717, 1.165) is 52.2 Å². The maximum absolute atomic E-state index is 12.3. The zero-order valence-corrected chi connectivity index (χ0v) is 13.8. The summed E-state index contributed by atoms with van der Waals surface area (Å²) in [4.78, 5) is 16.5. The lowest BCUT2D eigenvalue weighted by atomic mass is 10.1. The summed E-state index contributed by atoms with van der Waals surface area (Å²) in [6, 6.07) is 8.54. The first-order valence-corrected chi connectivity index (χ1v) is 8.35. The van der Waals surface area contributed by atoms with Crippen molar-refractivity contribution in [3.8, 4) is 0 Å². The van der Waals surface area contributed by atoms with E-state index >= 15 is 0 Å². The zero-order chi connectivity index (χ0) is 16.1. The molecule has 0 radical (unpaired) electrons. The SMILES string of the molecule is Cc1cccc(N2CCN(C(=O)NC=C3CCOCC3)CC2)c1. The van der Waals surface area contributed by atoms with Crippen LogP contribution in [0.15, 0.2) is 36.0 Å². The molecule has 0 aliphatic carbocycles. The highest BCUT2D eigenvalue weighted by molar-refractivity contribution is 5.75. The van der Waals surface area contributed by atoms with Gasteiger partial charge in [0, 0.05) is 38.1 Å². The largest absolute Gasteiger partial charge is 0.381 e. The van der Waals surface area contributed by atoms with Gasteiger partial charge in [-0.25, -0.2) is 4.79 Å². The van der Waals surface area contributed by atoms with Crippen molar-refractivity contribution in [1.82, 2.24) is 10.2 Å². The van der Waals surface area contributed by atoms with Crippen molar-refractivity contribution in [1.29, 1.82) is 0 Å². The Morgan fingerprint density at radius 1 is 1.17 bits per heavy atom. The predicted octanol–water partition coefficient (Wildman–Crippen LogP) is 2.52. The molecule has 2 saturated heterocycles. The van der Waals surface area contributed by atoms with Gasteiger partial charge in [-0.2, -0.15) is 0 Å². The minimum atomic E-state index is 0.00730. The molecular formula is C18H25N3O2. The molecule has 2 fully saturated rings. The Morgan fingerprint density at radius 3 is 2.61 bits per heavy atom.